The quantitative estimate of drug-likeness (QED) is 0.609. The van der Waals surface area contributed by atoms with Crippen molar-refractivity contribution >= 4 is 16.7 Å². The summed E-state index contributed by atoms with van der Waals surface area (Å²) in [5.74, 6) is 0.679. The number of hydrogen-bond donors (Lipinski definition) is 3. The van der Waals surface area contributed by atoms with Crippen LogP contribution >= 0.6 is 0 Å². The van der Waals surface area contributed by atoms with E-state index in [2.05, 4.69) is 4.98 Å². The summed E-state index contributed by atoms with van der Waals surface area (Å²) in [6.07, 6.45) is -0.797. The van der Waals surface area contributed by atoms with Crippen LogP contribution in [0, 0.1) is 6.92 Å². The Hall–Kier alpha value is -2.74. The van der Waals surface area contributed by atoms with Gasteiger partial charge in [0.15, 0.2) is 0 Å². The van der Waals surface area contributed by atoms with E-state index in [1.54, 1.807) is 7.11 Å². The number of aromatic amines is 1. The first-order valence-electron chi connectivity index (χ1n) is 9.38. The average molecular weight is 379 g/mol. The minimum Gasteiger partial charge on any atom is -0.384 e. The number of rotatable bonds is 6. The van der Waals surface area contributed by atoms with Crippen molar-refractivity contribution in [3.05, 3.63) is 65.0 Å². The lowest BCUT2D eigenvalue weighted by Crippen LogP contribution is -2.32. The number of hydrazone groups is 1. The van der Waals surface area contributed by atoms with Gasteiger partial charge in [-0.25, -0.2) is 4.98 Å². The number of aliphatic hydroxyl groups excluding tert-OH is 1. The SMILES string of the molecule is COCCN1N=C(c2ccc(C)cc2)C(O)C1c1nc2ccc(CN)cc2[nH]1. The number of nitrogens with two attached hydrogens (primary N) is 1. The highest BCUT2D eigenvalue weighted by Gasteiger charge is 2.39. The second-order valence-corrected chi connectivity index (χ2v) is 7.07. The van der Waals surface area contributed by atoms with Crippen LogP contribution in [0.25, 0.3) is 11.0 Å². The largest absolute Gasteiger partial charge is 0.384 e. The van der Waals surface area contributed by atoms with Gasteiger partial charge in [-0.3, -0.25) is 5.01 Å². The molecule has 2 aromatic carbocycles. The first-order valence-corrected chi connectivity index (χ1v) is 9.38. The second kappa shape index (κ2) is 7.71. The van der Waals surface area contributed by atoms with Crippen molar-refractivity contribution in [2.75, 3.05) is 20.3 Å². The molecule has 0 bridgehead atoms. The third-order valence-corrected chi connectivity index (χ3v) is 5.09. The summed E-state index contributed by atoms with van der Waals surface area (Å²) >= 11 is 0. The van der Waals surface area contributed by atoms with Gasteiger partial charge < -0.3 is 20.6 Å². The molecule has 0 aliphatic carbocycles. The summed E-state index contributed by atoms with van der Waals surface area (Å²) in [5, 5.41) is 17.7. The summed E-state index contributed by atoms with van der Waals surface area (Å²) in [7, 11) is 1.65. The highest BCUT2D eigenvalue weighted by atomic mass is 16.5. The average Bonchev–Trinajstić information content (AvgIpc) is 3.26. The van der Waals surface area contributed by atoms with Crippen molar-refractivity contribution in [2.45, 2.75) is 25.6 Å². The second-order valence-electron chi connectivity index (χ2n) is 7.07. The molecule has 3 aromatic rings. The number of nitrogens with one attached hydrogen (secondary N) is 1. The van der Waals surface area contributed by atoms with E-state index < -0.39 is 12.1 Å². The number of aryl methyl sites for hydroxylation is 1. The van der Waals surface area contributed by atoms with Crippen LogP contribution < -0.4 is 5.73 Å². The Balaban J connectivity index is 1.71. The normalized spacial score (nSPS) is 19.4. The molecule has 0 fully saturated rings. The molecule has 0 amide bonds. The van der Waals surface area contributed by atoms with Gasteiger partial charge in [0, 0.05) is 19.2 Å². The van der Waals surface area contributed by atoms with Crippen molar-refractivity contribution in [2.24, 2.45) is 10.8 Å². The van der Waals surface area contributed by atoms with Crippen LogP contribution in [0.2, 0.25) is 0 Å². The summed E-state index contributed by atoms with van der Waals surface area (Å²) < 4.78 is 5.23. The molecular weight excluding hydrogens is 354 g/mol. The van der Waals surface area contributed by atoms with Crippen molar-refractivity contribution in [3.8, 4) is 0 Å². The van der Waals surface area contributed by atoms with E-state index in [0.717, 1.165) is 27.7 Å². The van der Waals surface area contributed by atoms with E-state index in [4.69, 9.17) is 20.6 Å². The number of hydrogen-bond acceptors (Lipinski definition) is 6. The van der Waals surface area contributed by atoms with E-state index >= 15 is 0 Å². The van der Waals surface area contributed by atoms with Gasteiger partial charge in [0.1, 0.15) is 18.0 Å². The van der Waals surface area contributed by atoms with Gasteiger partial charge in [0.25, 0.3) is 0 Å². The lowest BCUT2D eigenvalue weighted by atomic mass is 9.99. The molecule has 7 nitrogen and oxygen atoms in total. The smallest absolute Gasteiger partial charge is 0.136 e. The summed E-state index contributed by atoms with van der Waals surface area (Å²) in [4.78, 5) is 8.06. The van der Waals surface area contributed by atoms with Crippen molar-refractivity contribution < 1.29 is 9.84 Å². The van der Waals surface area contributed by atoms with Gasteiger partial charge in [-0.15, -0.1) is 0 Å². The zero-order valence-corrected chi connectivity index (χ0v) is 16.1. The van der Waals surface area contributed by atoms with E-state index in [0.29, 0.717) is 31.2 Å². The van der Waals surface area contributed by atoms with Gasteiger partial charge in [-0.05, 0) is 24.6 Å². The van der Waals surface area contributed by atoms with Crippen molar-refractivity contribution in [1.29, 1.82) is 0 Å². The molecule has 2 atom stereocenters. The summed E-state index contributed by atoms with van der Waals surface area (Å²) in [5.41, 5.74) is 11.2. The van der Waals surface area contributed by atoms with Crippen molar-refractivity contribution in [1.82, 2.24) is 15.0 Å². The fraction of sp³-hybridized carbons (Fsp3) is 0.333. The number of methoxy groups -OCH3 is 1. The molecule has 0 saturated heterocycles. The highest BCUT2D eigenvalue weighted by Crippen LogP contribution is 2.32. The fourth-order valence-electron chi connectivity index (χ4n) is 3.53. The number of aromatic nitrogens is 2. The number of benzene rings is 2. The third kappa shape index (κ3) is 3.40. The Morgan fingerprint density at radius 1 is 1.21 bits per heavy atom. The maximum Gasteiger partial charge on any atom is 0.136 e. The first kappa shape index (κ1) is 18.6. The molecule has 4 N–H and O–H groups in total. The molecule has 2 heterocycles. The van der Waals surface area contributed by atoms with Crippen LogP contribution in [0.15, 0.2) is 47.6 Å². The van der Waals surface area contributed by atoms with Crippen LogP contribution in [0.1, 0.15) is 28.6 Å². The standard InChI is InChI=1S/C21H25N5O2/c1-13-3-6-15(7-4-13)18-20(27)19(26(25-18)9-10-28-2)21-23-16-8-5-14(12-22)11-17(16)24-21/h3-8,11,19-20,27H,9-10,12,22H2,1-2H3,(H,23,24). The number of aliphatic hydroxyl groups is 1. The minimum atomic E-state index is -0.797. The number of H-pyrrole nitrogens is 1. The fourth-order valence-corrected chi connectivity index (χ4v) is 3.53. The van der Waals surface area contributed by atoms with Crippen LogP contribution in [-0.2, 0) is 11.3 Å². The molecule has 4 rings (SSSR count). The molecule has 146 valence electrons. The minimum absolute atomic E-state index is 0.403. The van der Waals surface area contributed by atoms with E-state index in [-0.39, 0.29) is 0 Å². The molecule has 0 saturated carbocycles. The van der Waals surface area contributed by atoms with Crippen LogP contribution in [0.4, 0.5) is 0 Å². The lowest BCUT2D eigenvalue weighted by molar-refractivity contribution is 0.0843. The van der Waals surface area contributed by atoms with E-state index in [1.165, 1.54) is 0 Å². The highest BCUT2D eigenvalue weighted by molar-refractivity contribution is 6.05. The van der Waals surface area contributed by atoms with E-state index in [1.807, 2.05) is 54.4 Å². The molecule has 0 radical (unpaired) electrons. The molecule has 0 spiro atoms. The van der Waals surface area contributed by atoms with Gasteiger partial charge in [0.05, 0.1) is 29.9 Å². The maximum absolute atomic E-state index is 11.1. The van der Waals surface area contributed by atoms with Crippen LogP contribution in [-0.4, -0.2) is 52.2 Å². The Morgan fingerprint density at radius 3 is 2.71 bits per heavy atom. The Labute approximate surface area is 163 Å². The van der Waals surface area contributed by atoms with Gasteiger partial charge in [-0.2, -0.15) is 5.10 Å². The molecule has 2 unspecified atom stereocenters. The third-order valence-electron chi connectivity index (χ3n) is 5.09. The summed E-state index contributed by atoms with van der Waals surface area (Å²) in [6.45, 7) is 3.56. The lowest BCUT2D eigenvalue weighted by Gasteiger charge is -2.23. The Morgan fingerprint density at radius 2 is 2.00 bits per heavy atom. The van der Waals surface area contributed by atoms with Crippen LogP contribution in [0.5, 0.6) is 0 Å². The van der Waals surface area contributed by atoms with Crippen molar-refractivity contribution in [3.63, 3.8) is 0 Å². The predicted octanol–water partition coefficient (Wildman–Crippen LogP) is 2.10. The zero-order chi connectivity index (χ0) is 19.7. The maximum atomic E-state index is 11.1. The number of imidazole rings is 1. The zero-order valence-electron chi connectivity index (χ0n) is 16.1. The molecule has 1 aliphatic heterocycles. The first-order chi connectivity index (χ1) is 13.6. The van der Waals surface area contributed by atoms with E-state index in [9.17, 15) is 5.11 Å². The predicted molar refractivity (Wildman–Crippen MR) is 109 cm³/mol. The number of nitrogens with zero attached hydrogens (tertiary/aromatic N) is 3. The van der Waals surface area contributed by atoms with Gasteiger partial charge in [0.2, 0.25) is 0 Å². The molecule has 1 aliphatic rings. The number of fused-ring (bicyclic) bond motifs is 1. The summed E-state index contributed by atoms with van der Waals surface area (Å²) in [6, 6.07) is 13.5. The van der Waals surface area contributed by atoms with Gasteiger partial charge in [-0.1, -0.05) is 35.9 Å². The van der Waals surface area contributed by atoms with Gasteiger partial charge >= 0.3 is 0 Å². The monoisotopic (exact) mass is 379 g/mol. The Bertz CT molecular complexity index is 996. The molecule has 1 aromatic heterocycles. The Kier molecular flexibility index (Phi) is 5.13. The molecule has 28 heavy (non-hydrogen) atoms. The van der Waals surface area contributed by atoms with Crippen LogP contribution in [0.3, 0.4) is 0 Å². The molecular formula is C21H25N5O2. The topological polar surface area (TPSA) is 99.8 Å². The number of ether oxygens (including phenoxy) is 1. The molecule has 7 heteroatoms.